The molecule has 80 valence electrons. The molecule has 0 spiro atoms. The van der Waals surface area contributed by atoms with Gasteiger partial charge in [-0.1, -0.05) is 18.2 Å². The van der Waals surface area contributed by atoms with E-state index in [1.165, 1.54) is 6.21 Å². The van der Waals surface area contributed by atoms with Crippen LogP contribution in [0.1, 0.15) is 6.42 Å². The number of allylic oxidation sites excluding steroid dienone is 2. The van der Waals surface area contributed by atoms with E-state index in [0.717, 1.165) is 12.0 Å². The number of amides is 1. The summed E-state index contributed by atoms with van der Waals surface area (Å²) in [5, 5.41) is 3.81. The van der Waals surface area contributed by atoms with Crippen LogP contribution in [0.15, 0.2) is 33.9 Å². The molecule has 0 aromatic heterocycles. The highest BCUT2D eigenvalue weighted by molar-refractivity contribution is 6.40. The molecule has 0 radical (unpaired) electrons. The molecule has 0 aromatic rings. The van der Waals surface area contributed by atoms with Gasteiger partial charge in [0.2, 0.25) is 6.41 Å². The van der Waals surface area contributed by atoms with Crippen molar-refractivity contribution in [3.63, 3.8) is 0 Å². The average Bonchev–Trinajstić information content (AvgIpc) is 2.25. The Morgan fingerprint density at radius 2 is 2.53 bits per heavy atom. The number of nitrogens with one attached hydrogen (secondary N) is 1. The number of hydrogen-bond donors (Lipinski definition) is 2. The molecule has 1 aliphatic rings. The molecule has 0 aromatic carbocycles. The fraction of sp³-hybridized carbons (Fsp3) is 0.300. The van der Waals surface area contributed by atoms with Gasteiger partial charge in [0.05, 0.1) is 11.9 Å². The number of nitrogens with two attached hydrogens (primary N) is 1. The van der Waals surface area contributed by atoms with Gasteiger partial charge in [-0.3, -0.25) is 4.79 Å². The van der Waals surface area contributed by atoms with Crippen LogP contribution in [-0.2, 0) is 4.79 Å². The van der Waals surface area contributed by atoms with Gasteiger partial charge in [0.15, 0.2) is 0 Å². The molecule has 15 heavy (non-hydrogen) atoms. The summed E-state index contributed by atoms with van der Waals surface area (Å²) in [6.07, 6.45) is 8.41. The first-order valence-electron chi connectivity index (χ1n) is 4.63. The van der Waals surface area contributed by atoms with E-state index in [4.69, 9.17) is 5.73 Å². The number of carbonyl (C=O) groups is 1. The second kappa shape index (κ2) is 5.87. The SMILES string of the molecule is CN/N=C\C(=NC=O)C1=CCC(N)C=C1. The van der Waals surface area contributed by atoms with Crippen molar-refractivity contribution in [1.82, 2.24) is 5.43 Å². The second-order valence-corrected chi connectivity index (χ2v) is 3.02. The smallest absolute Gasteiger partial charge is 0.233 e. The Morgan fingerprint density at radius 1 is 1.73 bits per heavy atom. The molecule has 5 nitrogen and oxygen atoms in total. The largest absolute Gasteiger partial charge is 0.324 e. The van der Waals surface area contributed by atoms with E-state index >= 15 is 0 Å². The molecular formula is C10H14N4O. The Kier molecular flexibility index (Phi) is 4.43. The lowest BCUT2D eigenvalue weighted by molar-refractivity contribution is -0.106. The summed E-state index contributed by atoms with van der Waals surface area (Å²) >= 11 is 0. The normalized spacial score (nSPS) is 21.6. The number of rotatable bonds is 4. The maximum atomic E-state index is 10.3. The first-order valence-corrected chi connectivity index (χ1v) is 4.63. The first-order chi connectivity index (χ1) is 7.27. The van der Waals surface area contributed by atoms with E-state index in [0.29, 0.717) is 12.1 Å². The van der Waals surface area contributed by atoms with Gasteiger partial charge in [0.1, 0.15) is 0 Å². The van der Waals surface area contributed by atoms with Crippen molar-refractivity contribution in [1.29, 1.82) is 0 Å². The van der Waals surface area contributed by atoms with E-state index in [-0.39, 0.29) is 6.04 Å². The highest BCUT2D eigenvalue weighted by Crippen LogP contribution is 2.10. The zero-order valence-electron chi connectivity index (χ0n) is 8.55. The highest BCUT2D eigenvalue weighted by Gasteiger charge is 2.07. The summed E-state index contributed by atoms with van der Waals surface area (Å²) in [5.74, 6) is 0. The number of hydrogen-bond acceptors (Lipinski definition) is 4. The molecule has 0 heterocycles. The molecule has 0 aliphatic heterocycles. The molecule has 1 unspecified atom stereocenters. The monoisotopic (exact) mass is 206 g/mol. The second-order valence-electron chi connectivity index (χ2n) is 3.02. The van der Waals surface area contributed by atoms with Crippen LogP contribution >= 0.6 is 0 Å². The van der Waals surface area contributed by atoms with Gasteiger partial charge < -0.3 is 11.2 Å². The molecule has 1 rings (SSSR count). The van der Waals surface area contributed by atoms with Crippen LogP contribution in [0, 0.1) is 0 Å². The zero-order valence-corrected chi connectivity index (χ0v) is 8.55. The van der Waals surface area contributed by atoms with Crippen LogP contribution in [0.3, 0.4) is 0 Å². The Labute approximate surface area is 88.5 Å². The Bertz CT molecular complexity index is 341. The van der Waals surface area contributed by atoms with Crippen LogP contribution in [0.2, 0.25) is 0 Å². The lowest BCUT2D eigenvalue weighted by atomic mass is 10.0. The van der Waals surface area contributed by atoms with Crippen LogP contribution in [0.4, 0.5) is 0 Å². The van der Waals surface area contributed by atoms with Gasteiger partial charge in [-0.2, -0.15) is 5.10 Å². The van der Waals surface area contributed by atoms with Crippen molar-refractivity contribution in [2.45, 2.75) is 12.5 Å². The van der Waals surface area contributed by atoms with Crippen molar-refractivity contribution in [2.75, 3.05) is 7.05 Å². The van der Waals surface area contributed by atoms with E-state index in [1.54, 1.807) is 7.05 Å². The van der Waals surface area contributed by atoms with Gasteiger partial charge in [-0.15, -0.1) is 0 Å². The van der Waals surface area contributed by atoms with E-state index in [2.05, 4.69) is 15.5 Å². The van der Waals surface area contributed by atoms with Crippen LogP contribution in [0.5, 0.6) is 0 Å². The van der Waals surface area contributed by atoms with Gasteiger partial charge in [0, 0.05) is 13.1 Å². The fourth-order valence-electron chi connectivity index (χ4n) is 1.19. The molecule has 0 saturated heterocycles. The van der Waals surface area contributed by atoms with E-state index in [1.807, 2.05) is 18.2 Å². The topological polar surface area (TPSA) is 79.8 Å². The minimum Gasteiger partial charge on any atom is -0.324 e. The summed E-state index contributed by atoms with van der Waals surface area (Å²) < 4.78 is 0. The molecule has 5 heteroatoms. The standard InChI is InChI=1S/C10H14N4O/c1-12-14-6-10(13-7-15)8-2-4-9(11)5-3-8/h2-4,6-7,9,12H,5,11H2,1H3/b13-10?,14-6-. The van der Waals surface area contributed by atoms with Crippen LogP contribution in [0.25, 0.3) is 0 Å². The van der Waals surface area contributed by atoms with Crippen molar-refractivity contribution in [3.8, 4) is 0 Å². The summed E-state index contributed by atoms with van der Waals surface area (Å²) in [6, 6.07) is 0.0486. The summed E-state index contributed by atoms with van der Waals surface area (Å²) in [6.45, 7) is 0. The average molecular weight is 206 g/mol. The minimum atomic E-state index is 0.0486. The van der Waals surface area contributed by atoms with Crippen molar-refractivity contribution < 1.29 is 4.79 Å². The molecule has 3 N–H and O–H groups in total. The van der Waals surface area contributed by atoms with Crippen LogP contribution < -0.4 is 11.2 Å². The molecule has 0 bridgehead atoms. The summed E-state index contributed by atoms with van der Waals surface area (Å²) in [4.78, 5) is 14.0. The van der Waals surface area contributed by atoms with Crippen molar-refractivity contribution in [2.24, 2.45) is 15.8 Å². The van der Waals surface area contributed by atoms with Gasteiger partial charge >= 0.3 is 0 Å². The van der Waals surface area contributed by atoms with Crippen molar-refractivity contribution in [3.05, 3.63) is 23.8 Å². The third kappa shape index (κ3) is 3.47. The molecule has 1 aliphatic carbocycles. The Hall–Kier alpha value is -1.75. The Morgan fingerprint density at radius 3 is 3.07 bits per heavy atom. The van der Waals surface area contributed by atoms with E-state index < -0.39 is 0 Å². The highest BCUT2D eigenvalue weighted by atomic mass is 16.1. The Balaban J connectivity index is 2.82. The third-order valence-electron chi connectivity index (χ3n) is 1.94. The maximum absolute atomic E-state index is 10.3. The molecular weight excluding hydrogens is 192 g/mol. The summed E-state index contributed by atoms with van der Waals surface area (Å²) in [7, 11) is 1.68. The van der Waals surface area contributed by atoms with Gasteiger partial charge in [0.25, 0.3) is 0 Å². The maximum Gasteiger partial charge on any atom is 0.233 e. The van der Waals surface area contributed by atoms with Crippen LogP contribution in [-0.4, -0.2) is 31.4 Å². The summed E-state index contributed by atoms with van der Waals surface area (Å²) in [5.41, 5.74) is 9.68. The van der Waals surface area contributed by atoms with Crippen molar-refractivity contribution >= 4 is 18.3 Å². The van der Waals surface area contributed by atoms with Gasteiger partial charge in [-0.25, -0.2) is 4.99 Å². The number of nitrogens with zero attached hydrogens (tertiary/aromatic N) is 2. The zero-order chi connectivity index (χ0) is 11.1. The first kappa shape index (κ1) is 11.3. The fourth-order valence-corrected chi connectivity index (χ4v) is 1.19. The molecule has 1 amide bonds. The number of aliphatic imine (C=N–C) groups is 1. The molecule has 1 atom stereocenters. The third-order valence-corrected chi connectivity index (χ3v) is 1.94. The predicted molar refractivity (Wildman–Crippen MR) is 60.9 cm³/mol. The van der Waals surface area contributed by atoms with E-state index in [9.17, 15) is 4.79 Å². The number of carbonyl (C=O) groups excluding carboxylic acids is 1. The minimum absolute atomic E-state index is 0.0486. The number of hydrazone groups is 1. The lowest BCUT2D eigenvalue weighted by Gasteiger charge is -2.10. The lowest BCUT2D eigenvalue weighted by Crippen LogP contribution is -2.19. The predicted octanol–water partition coefficient (Wildman–Crippen LogP) is 0.00260. The van der Waals surface area contributed by atoms with Gasteiger partial charge in [-0.05, 0) is 12.0 Å². The quantitative estimate of drug-likeness (QED) is 0.386. The molecule has 0 fully saturated rings. The molecule has 0 saturated carbocycles.